The zero-order chi connectivity index (χ0) is 12.3. The van der Waals surface area contributed by atoms with Gasteiger partial charge in [-0.2, -0.15) is 0 Å². The number of hydrogen-bond donors (Lipinski definition) is 2. The normalized spacial score (nSPS) is 9.94. The Bertz CT molecular complexity index is 538. The molecule has 2 rings (SSSR count). The van der Waals surface area contributed by atoms with Gasteiger partial charge in [0.2, 0.25) is 0 Å². The topological polar surface area (TPSA) is 75.1 Å². The fourth-order valence-electron chi connectivity index (χ4n) is 1.36. The van der Waals surface area contributed by atoms with Crippen LogP contribution >= 0.6 is 0 Å². The van der Waals surface area contributed by atoms with E-state index >= 15 is 0 Å². The molecule has 0 amide bonds. The van der Waals surface area contributed by atoms with E-state index in [1.807, 2.05) is 19.1 Å². The van der Waals surface area contributed by atoms with Crippen molar-refractivity contribution in [3.05, 3.63) is 47.9 Å². The van der Waals surface area contributed by atoms with Gasteiger partial charge in [0.25, 0.3) is 0 Å². The summed E-state index contributed by atoms with van der Waals surface area (Å²) in [5, 5.41) is 11.9. The number of pyridine rings is 2. The van der Waals surface area contributed by atoms with Crippen molar-refractivity contribution in [3.8, 4) is 0 Å². The van der Waals surface area contributed by atoms with Gasteiger partial charge in [-0.25, -0.2) is 9.78 Å². The summed E-state index contributed by atoms with van der Waals surface area (Å²) in [5.74, 6) is -0.702. The predicted octanol–water partition coefficient (Wildman–Crippen LogP) is 2.23. The van der Waals surface area contributed by atoms with E-state index in [4.69, 9.17) is 5.11 Å². The number of rotatable bonds is 3. The highest BCUT2D eigenvalue weighted by Crippen LogP contribution is 2.17. The van der Waals surface area contributed by atoms with E-state index in [0.29, 0.717) is 11.5 Å². The second kappa shape index (κ2) is 4.61. The number of aromatic carboxylic acids is 1. The van der Waals surface area contributed by atoms with Crippen LogP contribution in [0.1, 0.15) is 16.1 Å². The van der Waals surface area contributed by atoms with E-state index in [-0.39, 0.29) is 5.56 Å². The van der Waals surface area contributed by atoms with Crippen LogP contribution in [-0.4, -0.2) is 21.0 Å². The Morgan fingerprint density at radius 1 is 1.29 bits per heavy atom. The molecule has 0 aromatic carbocycles. The van der Waals surface area contributed by atoms with Gasteiger partial charge in [-0.1, -0.05) is 0 Å². The Kier molecular flexibility index (Phi) is 3.00. The average Bonchev–Trinajstić information content (AvgIpc) is 2.32. The van der Waals surface area contributed by atoms with Gasteiger partial charge < -0.3 is 10.4 Å². The number of carboxylic acids is 1. The molecule has 0 saturated heterocycles. The Morgan fingerprint density at radius 2 is 2.12 bits per heavy atom. The number of anilines is 2. The summed E-state index contributed by atoms with van der Waals surface area (Å²) in [6.07, 6.45) is 3.17. The molecule has 5 nitrogen and oxygen atoms in total. The molecule has 0 aliphatic carbocycles. The lowest BCUT2D eigenvalue weighted by molar-refractivity contribution is 0.0697. The minimum Gasteiger partial charge on any atom is -0.478 e. The number of aryl methyl sites for hydroxylation is 1. The van der Waals surface area contributed by atoms with Crippen molar-refractivity contribution >= 4 is 17.5 Å². The van der Waals surface area contributed by atoms with E-state index < -0.39 is 5.97 Å². The van der Waals surface area contributed by atoms with Crippen molar-refractivity contribution in [2.24, 2.45) is 0 Å². The molecule has 0 bridgehead atoms. The summed E-state index contributed by atoms with van der Waals surface area (Å²) >= 11 is 0. The predicted molar refractivity (Wildman–Crippen MR) is 63.5 cm³/mol. The van der Waals surface area contributed by atoms with Crippen molar-refractivity contribution in [1.29, 1.82) is 0 Å². The van der Waals surface area contributed by atoms with E-state index in [0.717, 1.165) is 5.69 Å². The van der Waals surface area contributed by atoms with Crippen LogP contribution in [0.3, 0.4) is 0 Å². The summed E-state index contributed by atoms with van der Waals surface area (Å²) in [5.41, 5.74) is 1.74. The molecule has 0 saturated carbocycles. The number of nitrogens with one attached hydrogen (secondary N) is 1. The Morgan fingerprint density at radius 3 is 2.76 bits per heavy atom. The van der Waals surface area contributed by atoms with Crippen LogP contribution < -0.4 is 5.32 Å². The van der Waals surface area contributed by atoms with E-state index in [2.05, 4.69) is 15.3 Å². The third kappa shape index (κ3) is 2.57. The summed E-state index contributed by atoms with van der Waals surface area (Å²) in [6.45, 7) is 1.88. The van der Waals surface area contributed by atoms with Gasteiger partial charge in [0, 0.05) is 11.9 Å². The molecule has 2 N–H and O–H groups in total. The average molecular weight is 229 g/mol. The van der Waals surface area contributed by atoms with Gasteiger partial charge in [-0.3, -0.25) is 4.98 Å². The van der Waals surface area contributed by atoms with Crippen LogP contribution in [0.5, 0.6) is 0 Å². The van der Waals surface area contributed by atoms with Gasteiger partial charge in [-0.15, -0.1) is 0 Å². The monoisotopic (exact) mass is 229 g/mol. The van der Waals surface area contributed by atoms with Crippen LogP contribution in [0.2, 0.25) is 0 Å². The maximum absolute atomic E-state index is 11.0. The minimum absolute atomic E-state index is 0.132. The third-order valence-electron chi connectivity index (χ3n) is 2.21. The fraction of sp³-hybridized carbons (Fsp3) is 0.0833. The Balaban J connectivity index is 2.30. The molecule has 5 heteroatoms. The Hall–Kier alpha value is -2.43. The SMILES string of the molecule is Cc1ccc(Nc2ncccc2C(=O)O)cn1. The number of aromatic nitrogens is 2. The van der Waals surface area contributed by atoms with E-state index in [1.165, 1.54) is 12.3 Å². The molecule has 0 radical (unpaired) electrons. The molecule has 0 unspecified atom stereocenters. The van der Waals surface area contributed by atoms with Crippen molar-refractivity contribution in [2.45, 2.75) is 6.92 Å². The number of hydrogen-bond acceptors (Lipinski definition) is 4. The number of nitrogens with zero attached hydrogens (tertiary/aromatic N) is 2. The standard InChI is InChI=1S/C12H11N3O2/c1-8-4-5-9(7-14-8)15-11-10(12(16)17)3-2-6-13-11/h2-7H,1H3,(H,13,15)(H,16,17). The molecule has 0 spiro atoms. The van der Waals surface area contributed by atoms with Crippen molar-refractivity contribution in [1.82, 2.24) is 9.97 Å². The molecule has 86 valence electrons. The molecular weight excluding hydrogens is 218 g/mol. The molecule has 0 aliphatic heterocycles. The minimum atomic E-state index is -1.01. The number of carboxylic acid groups (broad SMARTS) is 1. The molecule has 17 heavy (non-hydrogen) atoms. The van der Waals surface area contributed by atoms with Crippen LogP contribution in [-0.2, 0) is 0 Å². The highest BCUT2D eigenvalue weighted by atomic mass is 16.4. The highest BCUT2D eigenvalue weighted by molar-refractivity contribution is 5.93. The van der Waals surface area contributed by atoms with Crippen molar-refractivity contribution in [2.75, 3.05) is 5.32 Å². The number of carbonyl (C=O) groups is 1. The first-order chi connectivity index (χ1) is 8.16. The molecule has 2 aromatic heterocycles. The summed E-state index contributed by atoms with van der Waals surface area (Å²) in [6, 6.07) is 6.75. The lowest BCUT2D eigenvalue weighted by Crippen LogP contribution is -2.04. The Labute approximate surface area is 98.2 Å². The zero-order valence-electron chi connectivity index (χ0n) is 9.21. The lowest BCUT2D eigenvalue weighted by Gasteiger charge is -2.07. The first-order valence-electron chi connectivity index (χ1n) is 5.05. The third-order valence-corrected chi connectivity index (χ3v) is 2.21. The van der Waals surface area contributed by atoms with E-state index in [1.54, 1.807) is 12.3 Å². The first kappa shape index (κ1) is 11.1. The van der Waals surface area contributed by atoms with Crippen LogP contribution in [0, 0.1) is 6.92 Å². The molecule has 2 heterocycles. The smallest absolute Gasteiger partial charge is 0.339 e. The molecule has 2 aromatic rings. The van der Waals surface area contributed by atoms with E-state index in [9.17, 15) is 4.79 Å². The van der Waals surface area contributed by atoms with Gasteiger partial charge in [0.15, 0.2) is 0 Å². The maximum atomic E-state index is 11.0. The molecule has 0 atom stereocenters. The van der Waals surface area contributed by atoms with Crippen molar-refractivity contribution < 1.29 is 9.90 Å². The summed E-state index contributed by atoms with van der Waals surface area (Å²) < 4.78 is 0. The second-order valence-corrected chi connectivity index (χ2v) is 3.52. The maximum Gasteiger partial charge on any atom is 0.339 e. The summed E-state index contributed by atoms with van der Waals surface area (Å²) in [4.78, 5) is 19.1. The highest BCUT2D eigenvalue weighted by Gasteiger charge is 2.10. The molecule has 0 fully saturated rings. The van der Waals surface area contributed by atoms with Crippen molar-refractivity contribution in [3.63, 3.8) is 0 Å². The molecule has 0 aliphatic rings. The van der Waals surface area contributed by atoms with Gasteiger partial charge in [0.05, 0.1) is 11.9 Å². The largest absolute Gasteiger partial charge is 0.478 e. The lowest BCUT2D eigenvalue weighted by atomic mass is 10.2. The van der Waals surface area contributed by atoms with Gasteiger partial charge in [0.1, 0.15) is 11.4 Å². The second-order valence-electron chi connectivity index (χ2n) is 3.52. The zero-order valence-corrected chi connectivity index (χ0v) is 9.21. The van der Waals surface area contributed by atoms with Gasteiger partial charge in [-0.05, 0) is 31.2 Å². The van der Waals surface area contributed by atoms with Crippen LogP contribution in [0.25, 0.3) is 0 Å². The van der Waals surface area contributed by atoms with Crippen LogP contribution in [0.4, 0.5) is 11.5 Å². The van der Waals surface area contributed by atoms with Crippen LogP contribution in [0.15, 0.2) is 36.7 Å². The van der Waals surface area contributed by atoms with Gasteiger partial charge >= 0.3 is 5.97 Å². The fourth-order valence-corrected chi connectivity index (χ4v) is 1.36. The first-order valence-corrected chi connectivity index (χ1v) is 5.05. The quantitative estimate of drug-likeness (QED) is 0.844. The summed E-state index contributed by atoms with van der Waals surface area (Å²) in [7, 11) is 0. The molecular formula is C12H11N3O2.